The average Bonchev–Trinajstić information content (AvgIpc) is 3.06. The van der Waals surface area contributed by atoms with Gasteiger partial charge in [-0.2, -0.15) is 4.98 Å². The quantitative estimate of drug-likeness (QED) is 0.716. The molecule has 0 unspecified atom stereocenters. The van der Waals surface area contributed by atoms with Gasteiger partial charge in [0.2, 0.25) is 17.0 Å². The van der Waals surface area contributed by atoms with Gasteiger partial charge in [0, 0.05) is 11.3 Å². The second kappa shape index (κ2) is 5.38. The van der Waals surface area contributed by atoms with Crippen LogP contribution in [0.1, 0.15) is 11.3 Å². The van der Waals surface area contributed by atoms with Gasteiger partial charge in [-0.05, 0) is 19.1 Å². The van der Waals surface area contributed by atoms with Crippen molar-refractivity contribution in [3.63, 3.8) is 0 Å². The van der Waals surface area contributed by atoms with Crippen molar-refractivity contribution < 1.29 is 4.42 Å². The van der Waals surface area contributed by atoms with Crippen LogP contribution in [0.5, 0.6) is 0 Å². The highest BCUT2D eigenvalue weighted by molar-refractivity contribution is 7.98. The fourth-order valence-electron chi connectivity index (χ4n) is 1.66. The van der Waals surface area contributed by atoms with Gasteiger partial charge >= 0.3 is 0 Å². The zero-order chi connectivity index (χ0) is 13.9. The SMILES string of the molecule is Cc1ccc(-c2nc(CSc3n[nH]c(N)n3)co2)cc1. The molecular formula is C13H13N5OS. The summed E-state index contributed by atoms with van der Waals surface area (Å²) in [6.07, 6.45) is 1.65. The van der Waals surface area contributed by atoms with E-state index in [1.807, 2.05) is 31.2 Å². The number of nitrogen functional groups attached to an aromatic ring is 1. The number of H-pyrrole nitrogens is 1. The molecule has 0 fully saturated rings. The summed E-state index contributed by atoms with van der Waals surface area (Å²) < 4.78 is 5.49. The molecule has 0 aliphatic carbocycles. The molecule has 0 radical (unpaired) electrons. The van der Waals surface area contributed by atoms with E-state index in [2.05, 4.69) is 20.2 Å². The van der Waals surface area contributed by atoms with Crippen LogP contribution in [0, 0.1) is 6.92 Å². The van der Waals surface area contributed by atoms with Gasteiger partial charge < -0.3 is 10.2 Å². The van der Waals surface area contributed by atoms with Crippen molar-refractivity contribution in [3.05, 3.63) is 41.8 Å². The summed E-state index contributed by atoms with van der Waals surface area (Å²) in [6, 6.07) is 8.05. The number of nitrogens with one attached hydrogen (secondary N) is 1. The van der Waals surface area contributed by atoms with Gasteiger partial charge in [-0.25, -0.2) is 10.1 Å². The number of aromatic nitrogens is 4. The summed E-state index contributed by atoms with van der Waals surface area (Å²) in [7, 11) is 0. The molecule has 0 aliphatic rings. The Balaban J connectivity index is 1.69. The molecule has 1 aromatic carbocycles. The third kappa shape index (κ3) is 2.83. The first kappa shape index (κ1) is 12.7. The van der Waals surface area contributed by atoms with E-state index in [1.165, 1.54) is 17.3 Å². The fourth-order valence-corrected chi connectivity index (χ4v) is 2.35. The molecule has 2 heterocycles. The molecular weight excluding hydrogens is 274 g/mol. The van der Waals surface area contributed by atoms with Crippen molar-refractivity contribution in [1.82, 2.24) is 20.2 Å². The van der Waals surface area contributed by atoms with Gasteiger partial charge in [-0.15, -0.1) is 5.10 Å². The average molecular weight is 287 g/mol. The number of anilines is 1. The zero-order valence-corrected chi connectivity index (χ0v) is 11.6. The van der Waals surface area contributed by atoms with E-state index < -0.39 is 0 Å². The maximum absolute atomic E-state index is 5.49. The predicted molar refractivity (Wildman–Crippen MR) is 77.0 cm³/mol. The van der Waals surface area contributed by atoms with E-state index in [0.29, 0.717) is 22.7 Å². The Morgan fingerprint density at radius 3 is 2.75 bits per heavy atom. The molecule has 0 atom stereocenters. The third-order valence-electron chi connectivity index (χ3n) is 2.68. The lowest BCUT2D eigenvalue weighted by molar-refractivity contribution is 0.573. The number of aryl methyl sites for hydroxylation is 1. The normalized spacial score (nSPS) is 10.8. The lowest BCUT2D eigenvalue weighted by Gasteiger charge is -1.95. The molecule has 7 heteroatoms. The van der Waals surface area contributed by atoms with E-state index >= 15 is 0 Å². The number of hydrogen-bond acceptors (Lipinski definition) is 6. The van der Waals surface area contributed by atoms with Crippen molar-refractivity contribution in [2.75, 3.05) is 5.73 Å². The van der Waals surface area contributed by atoms with Crippen molar-refractivity contribution in [2.24, 2.45) is 0 Å². The second-order valence-electron chi connectivity index (χ2n) is 4.30. The van der Waals surface area contributed by atoms with Crippen LogP contribution in [0.2, 0.25) is 0 Å². The van der Waals surface area contributed by atoms with Crippen LogP contribution < -0.4 is 5.73 Å². The number of nitrogens with two attached hydrogens (primary N) is 1. The van der Waals surface area contributed by atoms with E-state index in [0.717, 1.165) is 11.3 Å². The molecule has 102 valence electrons. The number of thioether (sulfide) groups is 1. The van der Waals surface area contributed by atoms with Crippen LogP contribution >= 0.6 is 11.8 Å². The van der Waals surface area contributed by atoms with Gasteiger partial charge in [0.15, 0.2) is 0 Å². The predicted octanol–water partition coefficient (Wildman–Crippen LogP) is 2.64. The van der Waals surface area contributed by atoms with Crippen LogP contribution in [0.3, 0.4) is 0 Å². The van der Waals surface area contributed by atoms with Crippen molar-refractivity contribution in [1.29, 1.82) is 0 Å². The first-order valence-corrected chi connectivity index (χ1v) is 7.01. The minimum Gasteiger partial charge on any atom is -0.444 e. The Bertz CT molecular complexity index is 704. The number of nitrogens with zero attached hydrogens (tertiary/aromatic N) is 3. The highest BCUT2D eigenvalue weighted by Gasteiger charge is 2.08. The van der Waals surface area contributed by atoms with E-state index in [1.54, 1.807) is 6.26 Å². The van der Waals surface area contributed by atoms with Crippen molar-refractivity contribution in [2.45, 2.75) is 17.8 Å². The number of hydrogen-bond donors (Lipinski definition) is 2. The van der Waals surface area contributed by atoms with Crippen molar-refractivity contribution >= 4 is 17.7 Å². The number of oxazole rings is 1. The molecule has 3 aromatic rings. The molecule has 3 rings (SSSR count). The Hall–Kier alpha value is -2.28. The molecule has 0 amide bonds. The lowest BCUT2D eigenvalue weighted by Crippen LogP contribution is -1.85. The number of benzene rings is 1. The molecule has 20 heavy (non-hydrogen) atoms. The highest BCUT2D eigenvalue weighted by atomic mass is 32.2. The van der Waals surface area contributed by atoms with Gasteiger partial charge in [-0.1, -0.05) is 29.5 Å². The zero-order valence-electron chi connectivity index (χ0n) is 10.8. The Morgan fingerprint density at radius 2 is 2.05 bits per heavy atom. The van der Waals surface area contributed by atoms with Crippen molar-refractivity contribution in [3.8, 4) is 11.5 Å². The van der Waals surface area contributed by atoms with Crippen LogP contribution in [-0.4, -0.2) is 20.2 Å². The standard InChI is InChI=1S/C13H13N5OS/c1-8-2-4-9(5-3-8)11-15-10(6-19-11)7-20-13-16-12(14)17-18-13/h2-6H,7H2,1H3,(H3,14,16,17,18). The Morgan fingerprint density at radius 1 is 1.25 bits per heavy atom. The molecule has 0 spiro atoms. The van der Waals surface area contributed by atoms with Gasteiger partial charge in [0.25, 0.3) is 0 Å². The lowest BCUT2D eigenvalue weighted by atomic mass is 10.1. The molecule has 0 bridgehead atoms. The van der Waals surface area contributed by atoms with Gasteiger partial charge in [-0.3, -0.25) is 0 Å². The van der Waals surface area contributed by atoms with Crippen LogP contribution in [0.4, 0.5) is 5.95 Å². The highest BCUT2D eigenvalue weighted by Crippen LogP contribution is 2.23. The summed E-state index contributed by atoms with van der Waals surface area (Å²) in [4.78, 5) is 8.46. The maximum atomic E-state index is 5.49. The fraction of sp³-hybridized carbons (Fsp3) is 0.154. The van der Waals surface area contributed by atoms with Gasteiger partial charge in [0.1, 0.15) is 6.26 Å². The smallest absolute Gasteiger partial charge is 0.226 e. The number of aromatic amines is 1. The van der Waals surface area contributed by atoms with Crippen LogP contribution in [-0.2, 0) is 5.75 Å². The molecule has 3 N–H and O–H groups in total. The first-order valence-electron chi connectivity index (χ1n) is 6.03. The minimum atomic E-state index is 0.313. The number of rotatable bonds is 4. The summed E-state index contributed by atoms with van der Waals surface area (Å²) >= 11 is 1.45. The minimum absolute atomic E-state index is 0.313. The molecule has 0 aliphatic heterocycles. The van der Waals surface area contributed by atoms with E-state index in [-0.39, 0.29) is 0 Å². The summed E-state index contributed by atoms with van der Waals surface area (Å²) in [5.74, 6) is 1.57. The first-order chi connectivity index (χ1) is 9.70. The topological polar surface area (TPSA) is 93.6 Å². The van der Waals surface area contributed by atoms with Crippen LogP contribution in [0.15, 0.2) is 40.1 Å². The summed E-state index contributed by atoms with van der Waals surface area (Å²) in [5, 5.41) is 7.14. The van der Waals surface area contributed by atoms with E-state index in [4.69, 9.17) is 10.2 Å². The maximum Gasteiger partial charge on any atom is 0.226 e. The molecule has 2 aromatic heterocycles. The second-order valence-corrected chi connectivity index (χ2v) is 5.24. The molecule has 0 saturated heterocycles. The Kier molecular flexibility index (Phi) is 3.42. The Labute approximate surface area is 119 Å². The summed E-state index contributed by atoms with van der Waals surface area (Å²) in [6.45, 7) is 2.05. The van der Waals surface area contributed by atoms with Crippen LogP contribution in [0.25, 0.3) is 11.5 Å². The van der Waals surface area contributed by atoms with Gasteiger partial charge in [0.05, 0.1) is 5.69 Å². The molecule has 0 saturated carbocycles. The summed E-state index contributed by atoms with van der Waals surface area (Å²) in [5.41, 5.74) is 8.48. The monoisotopic (exact) mass is 287 g/mol. The van der Waals surface area contributed by atoms with E-state index in [9.17, 15) is 0 Å². The molecule has 6 nitrogen and oxygen atoms in total. The largest absolute Gasteiger partial charge is 0.444 e. The third-order valence-corrected chi connectivity index (χ3v) is 3.56.